The lowest BCUT2D eigenvalue weighted by Gasteiger charge is -2.25. The largest absolute Gasteiger partial charge is 0.480 e. The van der Waals surface area contributed by atoms with Gasteiger partial charge < -0.3 is 19.9 Å². The highest BCUT2D eigenvalue weighted by molar-refractivity contribution is 5.79. The third-order valence-corrected chi connectivity index (χ3v) is 1.96. The number of carboxylic acids is 1. The van der Waals surface area contributed by atoms with Gasteiger partial charge >= 0.3 is 5.97 Å². The number of rotatable bonds is 2. The van der Waals surface area contributed by atoms with Crippen LogP contribution < -0.4 is 5.32 Å². The topological polar surface area (TPSA) is 67.8 Å². The molecule has 5 heteroatoms. The quantitative estimate of drug-likeness (QED) is 0.568. The Balaban J connectivity index is 2.68. The molecule has 0 atom stereocenters. The van der Waals surface area contributed by atoms with E-state index >= 15 is 0 Å². The van der Waals surface area contributed by atoms with Crippen molar-refractivity contribution in [2.24, 2.45) is 0 Å². The second-order valence-electron chi connectivity index (χ2n) is 2.74. The summed E-state index contributed by atoms with van der Waals surface area (Å²) in [6.07, 6.45) is 0. The van der Waals surface area contributed by atoms with E-state index in [0.29, 0.717) is 13.2 Å². The van der Waals surface area contributed by atoms with Crippen molar-refractivity contribution < 1.29 is 19.4 Å². The number of carbonyl (C=O) groups is 1. The molecule has 0 unspecified atom stereocenters. The number of hydrogen-bond acceptors (Lipinski definition) is 4. The molecule has 0 spiro atoms. The normalized spacial score (nSPS) is 23.1. The molecule has 0 radical (unpaired) electrons. The van der Waals surface area contributed by atoms with Gasteiger partial charge in [0.1, 0.15) is 0 Å². The molecule has 1 aliphatic rings. The van der Waals surface area contributed by atoms with Crippen molar-refractivity contribution in [1.29, 1.82) is 0 Å². The van der Waals surface area contributed by atoms with Crippen molar-refractivity contribution in [3.05, 3.63) is 0 Å². The third kappa shape index (κ3) is 1.74. The van der Waals surface area contributed by atoms with E-state index in [4.69, 9.17) is 14.6 Å². The van der Waals surface area contributed by atoms with Crippen molar-refractivity contribution in [2.75, 3.05) is 33.5 Å². The zero-order valence-corrected chi connectivity index (χ0v) is 7.00. The summed E-state index contributed by atoms with van der Waals surface area (Å²) in [5.74, 6) is -0.938. The van der Waals surface area contributed by atoms with Crippen LogP contribution in [0.4, 0.5) is 0 Å². The monoisotopic (exact) mass is 175 g/mol. The molecule has 0 aromatic rings. The van der Waals surface area contributed by atoms with Gasteiger partial charge in [0.05, 0.1) is 26.4 Å². The summed E-state index contributed by atoms with van der Waals surface area (Å²) in [6, 6.07) is 0. The average Bonchev–Trinajstić information content (AvgIpc) is 2.29. The average molecular weight is 175 g/mol. The summed E-state index contributed by atoms with van der Waals surface area (Å²) in [7, 11) is 1.59. The molecule has 1 rings (SSSR count). The van der Waals surface area contributed by atoms with Crippen molar-refractivity contribution >= 4 is 5.97 Å². The maximum atomic E-state index is 10.8. The molecule has 1 saturated heterocycles. The van der Waals surface area contributed by atoms with Gasteiger partial charge in [-0.05, 0) is 7.05 Å². The summed E-state index contributed by atoms with van der Waals surface area (Å²) in [5, 5.41) is 11.6. The van der Waals surface area contributed by atoms with Gasteiger partial charge in [0.2, 0.25) is 0 Å². The second-order valence-corrected chi connectivity index (χ2v) is 2.74. The molecule has 12 heavy (non-hydrogen) atoms. The molecular weight excluding hydrogens is 162 g/mol. The van der Waals surface area contributed by atoms with Crippen molar-refractivity contribution in [3.8, 4) is 0 Å². The Hall–Kier alpha value is -0.650. The van der Waals surface area contributed by atoms with E-state index < -0.39 is 11.5 Å². The highest BCUT2D eigenvalue weighted by Gasteiger charge is 2.38. The van der Waals surface area contributed by atoms with Gasteiger partial charge in [0.15, 0.2) is 5.54 Å². The van der Waals surface area contributed by atoms with Gasteiger partial charge in [-0.15, -0.1) is 0 Å². The van der Waals surface area contributed by atoms with E-state index in [1.54, 1.807) is 7.05 Å². The van der Waals surface area contributed by atoms with E-state index in [1.165, 1.54) is 0 Å². The minimum atomic E-state index is -1.07. The van der Waals surface area contributed by atoms with Crippen LogP contribution in [0.25, 0.3) is 0 Å². The lowest BCUT2D eigenvalue weighted by Crippen LogP contribution is -2.56. The van der Waals surface area contributed by atoms with Crippen molar-refractivity contribution in [1.82, 2.24) is 5.32 Å². The van der Waals surface area contributed by atoms with Gasteiger partial charge in [-0.3, -0.25) is 4.79 Å². The predicted octanol–water partition coefficient (Wildman–Crippen LogP) is -0.924. The number of hydrogen-bond donors (Lipinski definition) is 2. The van der Waals surface area contributed by atoms with Crippen molar-refractivity contribution in [2.45, 2.75) is 5.54 Å². The molecule has 0 aromatic carbocycles. The van der Waals surface area contributed by atoms with Crippen LogP contribution in [-0.4, -0.2) is 50.1 Å². The minimum Gasteiger partial charge on any atom is -0.480 e. The van der Waals surface area contributed by atoms with Gasteiger partial charge in [0, 0.05) is 0 Å². The Kier molecular flexibility index (Phi) is 3.02. The number of nitrogens with one attached hydrogen (secondary N) is 1. The Morgan fingerprint density at radius 3 is 2.25 bits per heavy atom. The fourth-order valence-corrected chi connectivity index (χ4v) is 1.03. The summed E-state index contributed by atoms with van der Waals surface area (Å²) in [6.45, 7) is 1.21. The number of ether oxygens (including phenoxy) is 2. The predicted molar refractivity (Wildman–Crippen MR) is 41.1 cm³/mol. The SMILES string of the molecule is CNC1(C(=O)O)COCCOC1. The molecule has 5 nitrogen and oxygen atoms in total. The summed E-state index contributed by atoms with van der Waals surface area (Å²) >= 11 is 0. The van der Waals surface area contributed by atoms with Gasteiger partial charge in [-0.25, -0.2) is 0 Å². The van der Waals surface area contributed by atoms with E-state index in [2.05, 4.69) is 5.32 Å². The Morgan fingerprint density at radius 1 is 1.42 bits per heavy atom. The lowest BCUT2D eigenvalue weighted by molar-refractivity contribution is -0.148. The number of aliphatic carboxylic acids is 1. The molecule has 70 valence electrons. The van der Waals surface area contributed by atoms with Crippen LogP contribution >= 0.6 is 0 Å². The Labute approximate surface area is 70.7 Å². The summed E-state index contributed by atoms with van der Waals surface area (Å²) in [4.78, 5) is 10.8. The first-order chi connectivity index (χ1) is 5.71. The third-order valence-electron chi connectivity index (χ3n) is 1.96. The molecule has 1 fully saturated rings. The summed E-state index contributed by atoms with van der Waals surface area (Å²) < 4.78 is 10.2. The van der Waals surface area contributed by atoms with Gasteiger partial charge in [-0.1, -0.05) is 0 Å². The Bertz CT molecular complexity index is 163. The highest BCUT2D eigenvalue weighted by atomic mass is 16.5. The lowest BCUT2D eigenvalue weighted by atomic mass is 10.0. The zero-order valence-electron chi connectivity index (χ0n) is 7.00. The standard InChI is InChI=1S/C7H13NO4/c1-8-7(6(9)10)4-11-2-3-12-5-7/h8H,2-5H2,1H3,(H,9,10). The summed E-state index contributed by atoms with van der Waals surface area (Å²) in [5.41, 5.74) is -1.07. The van der Waals surface area contributed by atoms with E-state index in [0.717, 1.165) is 0 Å². The van der Waals surface area contributed by atoms with Crippen molar-refractivity contribution in [3.63, 3.8) is 0 Å². The zero-order chi connectivity index (χ0) is 9.03. The molecular formula is C7H13NO4. The van der Waals surface area contributed by atoms with Crippen LogP contribution in [0, 0.1) is 0 Å². The highest BCUT2D eigenvalue weighted by Crippen LogP contribution is 2.09. The van der Waals surface area contributed by atoms with Crippen LogP contribution in [0.2, 0.25) is 0 Å². The van der Waals surface area contributed by atoms with Crippen LogP contribution in [0.15, 0.2) is 0 Å². The number of carboxylic acid groups (broad SMARTS) is 1. The molecule has 1 aliphatic heterocycles. The van der Waals surface area contributed by atoms with Crippen LogP contribution in [0.3, 0.4) is 0 Å². The maximum Gasteiger partial charge on any atom is 0.328 e. The molecule has 1 heterocycles. The van der Waals surface area contributed by atoms with Crippen LogP contribution in [-0.2, 0) is 14.3 Å². The first-order valence-electron chi connectivity index (χ1n) is 3.79. The fourth-order valence-electron chi connectivity index (χ4n) is 1.03. The van der Waals surface area contributed by atoms with Crippen LogP contribution in [0.1, 0.15) is 0 Å². The van der Waals surface area contributed by atoms with E-state index in [9.17, 15) is 4.79 Å². The first-order valence-corrected chi connectivity index (χ1v) is 3.79. The molecule has 2 N–H and O–H groups in total. The smallest absolute Gasteiger partial charge is 0.328 e. The second kappa shape index (κ2) is 3.84. The van der Waals surface area contributed by atoms with E-state index in [-0.39, 0.29) is 13.2 Å². The van der Waals surface area contributed by atoms with E-state index in [1.807, 2.05) is 0 Å². The molecule has 0 aromatic heterocycles. The van der Waals surface area contributed by atoms with Crippen LogP contribution in [0.5, 0.6) is 0 Å². The first kappa shape index (κ1) is 9.44. The molecule has 0 amide bonds. The maximum absolute atomic E-state index is 10.8. The van der Waals surface area contributed by atoms with Gasteiger partial charge in [0.25, 0.3) is 0 Å². The van der Waals surface area contributed by atoms with Gasteiger partial charge in [-0.2, -0.15) is 0 Å². The number of likely N-dealkylation sites (N-methyl/N-ethyl adjacent to an activating group) is 1. The molecule has 0 saturated carbocycles. The fraction of sp³-hybridized carbons (Fsp3) is 0.857. The minimum absolute atomic E-state index is 0.152. The molecule has 0 aliphatic carbocycles. The Morgan fingerprint density at radius 2 is 1.92 bits per heavy atom. The molecule has 0 bridgehead atoms.